The molecule has 0 saturated heterocycles. The SMILES string of the molecule is COc1ccc(CNC(=O)CNC(=O)C2CCCc3[nH]ncc32)cc1. The fourth-order valence-corrected chi connectivity index (χ4v) is 3.03. The number of rotatable bonds is 6. The molecule has 1 aromatic carbocycles. The second-order valence-corrected chi connectivity index (χ2v) is 6.09. The van der Waals surface area contributed by atoms with Crippen molar-refractivity contribution in [2.75, 3.05) is 13.7 Å². The van der Waals surface area contributed by atoms with E-state index < -0.39 is 0 Å². The Kier molecular flexibility index (Phi) is 5.33. The molecule has 1 aliphatic rings. The highest BCUT2D eigenvalue weighted by atomic mass is 16.5. The number of carbonyl (C=O) groups is 2. The molecular formula is C18H22N4O3. The Bertz CT molecular complexity index is 739. The zero-order valence-corrected chi connectivity index (χ0v) is 14.2. The molecular weight excluding hydrogens is 320 g/mol. The van der Waals surface area contributed by atoms with Gasteiger partial charge in [-0.05, 0) is 37.0 Å². The third-order valence-corrected chi connectivity index (χ3v) is 4.43. The molecule has 3 N–H and O–H groups in total. The van der Waals surface area contributed by atoms with E-state index in [-0.39, 0.29) is 24.3 Å². The maximum atomic E-state index is 12.4. The van der Waals surface area contributed by atoms with Crippen molar-refractivity contribution >= 4 is 11.8 Å². The fourth-order valence-electron chi connectivity index (χ4n) is 3.03. The number of fused-ring (bicyclic) bond motifs is 1. The summed E-state index contributed by atoms with van der Waals surface area (Å²) >= 11 is 0. The van der Waals surface area contributed by atoms with E-state index in [2.05, 4.69) is 20.8 Å². The van der Waals surface area contributed by atoms with E-state index in [0.717, 1.165) is 41.8 Å². The summed E-state index contributed by atoms with van der Waals surface area (Å²) in [7, 11) is 1.61. The number of nitrogens with one attached hydrogen (secondary N) is 3. The van der Waals surface area contributed by atoms with Gasteiger partial charge in [-0.3, -0.25) is 14.7 Å². The summed E-state index contributed by atoms with van der Waals surface area (Å²) in [5.41, 5.74) is 2.94. The van der Waals surface area contributed by atoms with E-state index in [1.54, 1.807) is 13.3 Å². The van der Waals surface area contributed by atoms with E-state index in [9.17, 15) is 9.59 Å². The second-order valence-electron chi connectivity index (χ2n) is 6.09. The quantitative estimate of drug-likeness (QED) is 0.737. The normalized spacial score (nSPS) is 16.0. The van der Waals surface area contributed by atoms with Crippen molar-refractivity contribution in [1.82, 2.24) is 20.8 Å². The van der Waals surface area contributed by atoms with Crippen molar-refractivity contribution < 1.29 is 14.3 Å². The predicted octanol–water partition coefficient (Wildman–Crippen LogP) is 1.27. The zero-order valence-electron chi connectivity index (χ0n) is 14.2. The van der Waals surface area contributed by atoms with Crippen molar-refractivity contribution in [2.24, 2.45) is 0 Å². The first-order valence-electron chi connectivity index (χ1n) is 8.37. The molecule has 1 unspecified atom stereocenters. The van der Waals surface area contributed by atoms with Crippen molar-refractivity contribution in [1.29, 1.82) is 0 Å². The Labute approximate surface area is 146 Å². The Balaban J connectivity index is 1.45. The second kappa shape index (κ2) is 7.83. The number of aromatic amines is 1. The smallest absolute Gasteiger partial charge is 0.239 e. The lowest BCUT2D eigenvalue weighted by atomic mass is 9.86. The van der Waals surface area contributed by atoms with Crippen LogP contribution in [0.15, 0.2) is 30.5 Å². The van der Waals surface area contributed by atoms with Crippen molar-refractivity contribution in [3.63, 3.8) is 0 Å². The van der Waals surface area contributed by atoms with Gasteiger partial charge in [0.1, 0.15) is 5.75 Å². The number of hydrogen-bond acceptors (Lipinski definition) is 4. The number of nitrogens with zero attached hydrogens (tertiary/aromatic N) is 1. The van der Waals surface area contributed by atoms with Gasteiger partial charge in [0.15, 0.2) is 0 Å². The van der Waals surface area contributed by atoms with Crippen LogP contribution in [-0.4, -0.2) is 35.7 Å². The first kappa shape index (κ1) is 17.0. The number of amides is 2. The molecule has 3 rings (SSSR count). The lowest BCUT2D eigenvalue weighted by Gasteiger charge is -2.20. The molecule has 0 fully saturated rings. The Morgan fingerprint density at radius 1 is 1.28 bits per heavy atom. The summed E-state index contributed by atoms with van der Waals surface area (Å²) in [5, 5.41) is 12.5. The minimum absolute atomic E-state index is 0.0291. The van der Waals surface area contributed by atoms with Crippen LogP contribution in [0.3, 0.4) is 0 Å². The maximum Gasteiger partial charge on any atom is 0.239 e. The van der Waals surface area contributed by atoms with Crippen LogP contribution >= 0.6 is 0 Å². The van der Waals surface area contributed by atoms with Crippen LogP contribution in [0.5, 0.6) is 5.75 Å². The van der Waals surface area contributed by atoms with Gasteiger partial charge < -0.3 is 15.4 Å². The average Bonchev–Trinajstić information content (AvgIpc) is 3.13. The summed E-state index contributed by atoms with van der Waals surface area (Å²) < 4.78 is 5.09. The molecule has 7 nitrogen and oxygen atoms in total. The van der Waals surface area contributed by atoms with E-state index in [1.165, 1.54) is 0 Å². The molecule has 0 aliphatic heterocycles. The molecule has 2 amide bonds. The van der Waals surface area contributed by atoms with Gasteiger partial charge in [-0.1, -0.05) is 12.1 Å². The molecule has 7 heteroatoms. The summed E-state index contributed by atoms with van der Waals surface area (Å²) in [4.78, 5) is 24.3. The van der Waals surface area contributed by atoms with Crippen molar-refractivity contribution in [2.45, 2.75) is 31.7 Å². The number of hydrogen-bond donors (Lipinski definition) is 3. The molecule has 1 aliphatic carbocycles. The van der Waals surface area contributed by atoms with Crippen molar-refractivity contribution in [3.8, 4) is 5.75 Å². The van der Waals surface area contributed by atoms with Gasteiger partial charge in [0.05, 0.1) is 25.8 Å². The molecule has 1 heterocycles. The molecule has 0 saturated carbocycles. The van der Waals surface area contributed by atoms with Gasteiger partial charge in [0.2, 0.25) is 11.8 Å². The molecule has 0 spiro atoms. The summed E-state index contributed by atoms with van der Waals surface area (Å²) in [6, 6.07) is 7.46. The molecule has 1 atom stereocenters. The lowest BCUT2D eigenvalue weighted by molar-refractivity contribution is -0.127. The predicted molar refractivity (Wildman–Crippen MR) is 92.1 cm³/mol. The summed E-state index contributed by atoms with van der Waals surface area (Å²) in [6.07, 6.45) is 4.35. The minimum atomic E-state index is -0.225. The molecule has 0 radical (unpaired) electrons. The van der Waals surface area contributed by atoms with Crippen LogP contribution in [0.4, 0.5) is 0 Å². The van der Waals surface area contributed by atoms with Crippen LogP contribution in [-0.2, 0) is 22.6 Å². The third-order valence-electron chi connectivity index (χ3n) is 4.43. The fraction of sp³-hybridized carbons (Fsp3) is 0.389. The van der Waals surface area contributed by atoms with E-state index in [4.69, 9.17) is 4.74 Å². The number of carbonyl (C=O) groups excluding carboxylic acids is 2. The van der Waals surface area contributed by atoms with Gasteiger partial charge in [0, 0.05) is 17.8 Å². The molecule has 132 valence electrons. The topological polar surface area (TPSA) is 96.1 Å². The van der Waals surface area contributed by atoms with Gasteiger partial charge in [0.25, 0.3) is 0 Å². The highest BCUT2D eigenvalue weighted by molar-refractivity contribution is 5.88. The standard InChI is InChI=1S/C18H22N4O3/c1-25-13-7-5-12(6-8-13)9-19-17(23)11-20-18(24)14-3-2-4-16-15(14)10-21-22-16/h5-8,10,14H,2-4,9,11H2,1H3,(H,19,23)(H,20,24)(H,21,22). The van der Waals surface area contributed by atoms with Crippen LogP contribution in [0.2, 0.25) is 0 Å². The number of aromatic nitrogens is 2. The van der Waals surface area contributed by atoms with Crippen LogP contribution in [0, 0.1) is 0 Å². The minimum Gasteiger partial charge on any atom is -0.497 e. The number of methoxy groups -OCH3 is 1. The zero-order chi connectivity index (χ0) is 17.6. The van der Waals surface area contributed by atoms with Crippen LogP contribution < -0.4 is 15.4 Å². The monoisotopic (exact) mass is 342 g/mol. The number of aryl methyl sites for hydroxylation is 1. The highest BCUT2D eigenvalue weighted by Crippen LogP contribution is 2.30. The maximum absolute atomic E-state index is 12.4. The molecule has 0 bridgehead atoms. The van der Waals surface area contributed by atoms with Gasteiger partial charge in [-0.15, -0.1) is 0 Å². The van der Waals surface area contributed by atoms with Crippen LogP contribution in [0.1, 0.15) is 35.6 Å². The van der Waals surface area contributed by atoms with E-state index in [1.807, 2.05) is 24.3 Å². The largest absolute Gasteiger partial charge is 0.497 e. The van der Waals surface area contributed by atoms with Gasteiger partial charge in [-0.25, -0.2) is 0 Å². The Morgan fingerprint density at radius 2 is 2.08 bits per heavy atom. The number of H-pyrrole nitrogens is 1. The number of ether oxygens (including phenoxy) is 1. The average molecular weight is 342 g/mol. The van der Waals surface area contributed by atoms with E-state index in [0.29, 0.717) is 6.54 Å². The highest BCUT2D eigenvalue weighted by Gasteiger charge is 2.27. The Hall–Kier alpha value is -2.83. The third kappa shape index (κ3) is 4.17. The Morgan fingerprint density at radius 3 is 2.84 bits per heavy atom. The van der Waals surface area contributed by atoms with Gasteiger partial charge >= 0.3 is 0 Å². The van der Waals surface area contributed by atoms with E-state index >= 15 is 0 Å². The lowest BCUT2D eigenvalue weighted by Crippen LogP contribution is -2.39. The summed E-state index contributed by atoms with van der Waals surface area (Å²) in [6.45, 7) is 0.382. The van der Waals surface area contributed by atoms with Gasteiger partial charge in [-0.2, -0.15) is 5.10 Å². The van der Waals surface area contributed by atoms with Crippen LogP contribution in [0.25, 0.3) is 0 Å². The molecule has 2 aromatic rings. The summed E-state index contributed by atoms with van der Waals surface area (Å²) in [5.74, 6) is 0.208. The number of benzene rings is 1. The first-order valence-corrected chi connectivity index (χ1v) is 8.37. The molecule has 25 heavy (non-hydrogen) atoms. The first-order chi connectivity index (χ1) is 12.2. The molecule has 1 aromatic heterocycles. The van der Waals surface area contributed by atoms with Crippen molar-refractivity contribution in [3.05, 3.63) is 47.3 Å².